The minimum Gasteiger partial charge on any atom is -0.306 e. The second-order valence-electron chi connectivity index (χ2n) is 5.11. The summed E-state index contributed by atoms with van der Waals surface area (Å²) in [5.41, 5.74) is 5.94. The van der Waals surface area contributed by atoms with Crippen LogP contribution in [0.25, 0.3) is 10.6 Å². The Kier molecular flexibility index (Phi) is 5.05. The molecule has 0 atom stereocenters. The van der Waals surface area contributed by atoms with Gasteiger partial charge < -0.3 is 4.57 Å². The number of nitrogens with zero attached hydrogens (tertiary/aromatic N) is 2. The van der Waals surface area contributed by atoms with Crippen molar-refractivity contribution in [3.63, 3.8) is 0 Å². The Hall–Kier alpha value is -2.78. The van der Waals surface area contributed by atoms with Gasteiger partial charge >= 0.3 is 0 Å². The highest BCUT2D eigenvalue weighted by Gasteiger charge is 2.17. The van der Waals surface area contributed by atoms with Crippen LogP contribution in [-0.4, -0.2) is 21.4 Å². The van der Waals surface area contributed by atoms with E-state index in [-0.39, 0.29) is 12.1 Å². The van der Waals surface area contributed by atoms with E-state index in [0.29, 0.717) is 10.6 Å². The number of hydrogen-bond donors (Lipinski definition) is 2. The van der Waals surface area contributed by atoms with E-state index in [2.05, 4.69) is 15.8 Å². The molecule has 0 aliphatic heterocycles. The molecule has 0 bridgehead atoms. The number of rotatable bonds is 4. The van der Waals surface area contributed by atoms with E-state index in [1.165, 1.54) is 28.2 Å². The van der Waals surface area contributed by atoms with E-state index in [0.717, 1.165) is 10.6 Å². The Morgan fingerprint density at radius 3 is 2.80 bits per heavy atom. The number of carbonyl (C=O) groups excluding carboxylic acids is 2. The Morgan fingerprint density at radius 2 is 2.08 bits per heavy atom. The second kappa shape index (κ2) is 7.41. The van der Waals surface area contributed by atoms with Crippen LogP contribution in [0.5, 0.6) is 0 Å². The maximum Gasteiger partial charge on any atom is 0.281 e. The van der Waals surface area contributed by atoms with Crippen LogP contribution in [0.1, 0.15) is 15.4 Å². The number of aromatic nitrogens is 2. The number of pyridine rings is 1. The monoisotopic (exact) mass is 374 g/mol. The largest absolute Gasteiger partial charge is 0.306 e. The van der Waals surface area contributed by atoms with Crippen LogP contribution in [0.2, 0.25) is 0 Å². The lowest BCUT2D eigenvalue weighted by molar-refractivity contribution is -0.122. The molecule has 7 nitrogen and oxygen atoms in total. The molecular formula is C16H14N4O3S2. The quantitative estimate of drug-likeness (QED) is 0.681. The number of carbonyl (C=O) groups is 2. The first-order chi connectivity index (χ1) is 12.0. The molecular weight excluding hydrogens is 360 g/mol. The Bertz CT molecular complexity index is 960. The highest BCUT2D eigenvalue weighted by Crippen LogP contribution is 2.29. The molecule has 0 aliphatic rings. The van der Waals surface area contributed by atoms with Gasteiger partial charge in [0.2, 0.25) is 0 Å². The lowest BCUT2D eigenvalue weighted by atomic mass is 10.3. The lowest BCUT2D eigenvalue weighted by Crippen LogP contribution is -2.44. The van der Waals surface area contributed by atoms with E-state index in [1.807, 2.05) is 16.8 Å². The smallest absolute Gasteiger partial charge is 0.281 e. The van der Waals surface area contributed by atoms with E-state index in [4.69, 9.17) is 0 Å². The van der Waals surface area contributed by atoms with Crippen LogP contribution in [0.3, 0.4) is 0 Å². The minimum atomic E-state index is -0.498. The summed E-state index contributed by atoms with van der Waals surface area (Å²) in [6.45, 7) is 1.56. The third-order valence-corrected chi connectivity index (χ3v) is 5.19. The Balaban J connectivity index is 1.62. The summed E-state index contributed by atoms with van der Waals surface area (Å²) in [5.74, 6) is -0.938. The molecule has 2 N–H and O–H groups in total. The number of nitrogens with one attached hydrogen (secondary N) is 2. The van der Waals surface area contributed by atoms with Gasteiger partial charge in [-0.1, -0.05) is 6.07 Å². The number of hydrogen-bond acceptors (Lipinski definition) is 6. The summed E-state index contributed by atoms with van der Waals surface area (Å²) < 4.78 is 1.24. The number of amides is 2. The van der Waals surface area contributed by atoms with Crippen LogP contribution in [0, 0.1) is 6.92 Å². The molecule has 0 unspecified atom stereocenters. The number of aryl methyl sites for hydroxylation is 1. The van der Waals surface area contributed by atoms with Crippen molar-refractivity contribution < 1.29 is 9.59 Å². The molecule has 0 radical (unpaired) electrons. The summed E-state index contributed by atoms with van der Waals surface area (Å²) in [4.78, 5) is 40.5. The maximum absolute atomic E-state index is 12.3. The fourth-order valence-electron chi connectivity index (χ4n) is 2.09. The molecule has 3 aromatic rings. The zero-order valence-electron chi connectivity index (χ0n) is 13.2. The highest BCUT2D eigenvalue weighted by atomic mass is 32.1. The molecule has 0 saturated heterocycles. The standard InChI is InChI=1S/C16H14N4O3S2/c1-10-14(25-16(17-10)11-5-7-24-9-11)15(23)19-18-12(21)8-20-6-3-2-4-13(20)22/h2-7,9H,8H2,1H3,(H,18,21)(H,19,23). The van der Waals surface area contributed by atoms with E-state index >= 15 is 0 Å². The number of thiophene rings is 1. The molecule has 3 rings (SSSR count). The molecule has 0 aromatic carbocycles. The summed E-state index contributed by atoms with van der Waals surface area (Å²) >= 11 is 2.82. The minimum absolute atomic E-state index is 0.179. The van der Waals surface area contributed by atoms with Crippen molar-refractivity contribution >= 4 is 34.5 Å². The SMILES string of the molecule is Cc1nc(-c2ccsc2)sc1C(=O)NNC(=O)Cn1ccccc1=O. The van der Waals surface area contributed by atoms with E-state index in [9.17, 15) is 14.4 Å². The lowest BCUT2D eigenvalue weighted by Gasteiger charge is -2.08. The summed E-state index contributed by atoms with van der Waals surface area (Å²) in [6.07, 6.45) is 1.50. The summed E-state index contributed by atoms with van der Waals surface area (Å²) in [7, 11) is 0. The van der Waals surface area contributed by atoms with Gasteiger partial charge in [0.15, 0.2) is 0 Å². The first-order valence-corrected chi connectivity index (χ1v) is 9.05. The number of thiazole rings is 1. The van der Waals surface area contributed by atoms with Gasteiger partial charge in [-0.05, 0) is 24.4 Å². The summed E-state index contributed by atoms with van der Waals surface area (Å²) in [5, 5.41) is 4.66. The second-order valence-corrected chi connectivity index (χ2v) is 6.89. The molecule has 0 spiro atoms. The van der Waals surface area contributed by atoms with Gasteiger partial charge in [0.25, 0.3) is 17.4 Å². The third-order valence-electron chi connectivity index (χ3n) is 3.30. The molecule has 128 valence electrons. The molecule has 25 heavy (non-hydrogen) atoms. The van der Waals surface area contributed by atoms with Crippen molar-refractivity contribution in [3.05, 3.63) is 62.1 Å². The van der Waals surface area contributed by atoms with E-state index < -0.39 is 11.8 Å². The van der Waals surface area contributed by atoms with Crippen LogP contribution in [0.15, 0.2) is 46.0 Å². The predicted molar refractivity (Wildman–Crippen MR) is 96.5 cm³/mol. The highest BCUT2D eigenvalue weighted by molar-refractivity contribution is 7.17. The first-order valence-electron chi connectivity index (χ1n) is 7.29. The van der Waals surface area contributed by atoms with Crippen molar-refractivity contribution in [2.75, 3.05) is 0 Å². The number of hydrazine groups is 1. The average molecular weight is 374 g/mol. The van der Waals surface area contributed by atoms with Gasteiger partial charge in [0.05, 0.1) is 5.69 Å². The zero-order valence-corrected chi connectivity index (χ0v) is 14.8. The van der Waals surface area contributed by atoms with Crippen LogP contribution < -0.4 is 16.4 Å². The van der Waals surface area contributed by atoms with Gasteiger partial charge in [-0.2, -0.15) is 11.3 Å². The van der Waals surface area contributed by atoms with Gasteiger partial charge in [-0.3, -0.25) is 25.2 Å². The van der Waals surface area contributed by atoms with Crippen molar-refractivity contribution in [1.29, 1.82) is 0 Å². The van der Waals surface area contributed by atoms with Gasteiger partial charge in [-0.15, -0.1) is 11.3 Å². The van der Waals surface area contributed by atoms with E-state index in [1.54, 1.807) is 30.4 Å². The molecule has 2 amide bonds. The van der Waals surface area contributed by atoms with Crippen molar-refractivity contribution in [2.45, 2.75) is 13.5 Å². The third kappa shape index (κ3) is 4.01. The topological polar surface area (TPSA) is 93.1 Å². The maximum atomic E-state index is 12.3. The molecule has 3 heterocycles. The molecule has 0 saturated carbocycles. The fraction of sp³-hybridized carbons (Fsp3) is 0.125. The molecule has 0 fully saturated rings. The average Bonchev–Trinajstić information content (AvgIpc) is 3.24. The molecule has 0 aliphatic carbocycles. The molecule has 9 heteroatoms. The zero-order chi connectivity index (χ0) is 17.8. The fourth-order valence-corrected chi connectivity index (χ4v) is 3.76. The Morgan fingerprint density at radius 1 is 1.24 bits per heavy atom. The Labute approximate surface area is 150 Å². The van der Waals surface area contributed by atoms with Gasteiger partial charge in [-0.25, -0.2) is 4.98 Å². The van der Waals surface area contributed by atoms with Gasteiger partial charge in [0, 0.05) is 23.2 Å². The van der Waals surface area contributed by atoms with Crippen LogP contribution >= 0.6 is 22.7 Å². The van der Waals surface area contributed by atoms with Crippen LogP contribution in [0.4, 0.5) is 0 Å². The van der Waals surface area contributed by atoms with Crippen LogP contribution in [-0.2, 0) is 11.3 Å². The summed E-state index contributed by atoms with van der Waals surface area (Å²) in [6, 6.07) is 6.54. The predicted octanol–water partition coefficient (Wildman–Crippen LogP) is 1.80. The first kappa shape index (κ1) is 17.1. The normalized spacial score (nSPS) is 10.4. The van der Waals surface area contributed by atoms with Gasteiger partial charge in [0.1, 0.15) is 16.4 Å². The molecule has 3 aromatic heterocycles. The van der Waals surface area contributed by atoms with Crippen molar-refractivity contribution in [1.82, 2.24) is 20.4 Å². The van der Waals surface area contributed by atoms with Crippen molar-refractivity contribution in [3.8, 4) is 10.6 Å². The van der Waals surface area contributed by atoms with Crippen molar-refractivity contribution in [2.24, 2.45) is 0 Å².